The Bertz CT molecular complexity index is 313. The van der Waals surface area contributed by atoms with Crippen LogP contribution in [0.1, 0.15) is 25.1 Å². The van der Waals surface area contributed by atoms with Crippen LogP contribution >= 0.6 is 0 Å². The Hall–Kier alpha value is -1.34. The van der Waals surface area contributed by atoms with Gasteiger partial charge in [-0.25, -0.2) is 0 Å². The average Bonchev–Trinajstić information content (AvgIpc) is 2.54. The van der Waals surface area contributed by atoms with E-state index in [0.717, 1.165) is 0 Å². The summed E-state index contributed by atoms with van der Waals surface area (Å²) in [5.41, 5.74) is 0.566. The van der Waals surface area contributed by atoms with Crippen LogP contribution in [0.4, 0.5) is 0 Å². The first-order chi connectivity index (χ1) is 6.19. The van der Waals surface area contributed by atoms with Gasteiger partial charge in [0.2, 0.25) is 0 Å². The van der Waals surface area contributed by atoms with Crippen molar-refractivity contribution >= 4 is 0 Å². The molecule has 0 aliphatic rings. The van der Waals surface area contributed by atoms with E-state index in [-0.39, 0.29) is 5.92 Å². The molecule has 0 aliphatic heterocycles. The van der Waals surface area contributed by atoms with E-state index < -0.39 is 6.10 Å². The molecular weight excluding hydrogens is 166 g/mol. The van der Waals surface area contributed by atoms with Crippen LogP contribution in [0.25, 0.3) is 0 Å². The minimum atomic E-state index is -0.767. The van der Waals surface area contributed by atoms with Gasteiger partial charge in [-0.15, -0.1) is 0 Å². The van der Waals surface area contributed by atoms with Gasteiger partial charge in [0.05, 0.1) is 17.7 Å². The Kier molecular flexibility index (Phi) is 3.04. The van der Waals surface area contributed by atoms with Crippen molar-refractivity contribution in [3.63, 3.8) is 0 Å². The van der Waals surface area contributed by atoms with Crippen molar-refractivity contribution in [2.24, 2.45) is 13.0 Å². The molecule has 1 heterocycles. The van der Waals surface area contributed by atoms with Gasteiger partial charge in [-0.3, -0.25) is 4.68 Å². The van der Waals surface area contributed by atoms with Crippen molar-refractivity contribution in [1.82, 2.24) is 9.78 Å². The number of hydrogen-bond acceptors (Lipinski definition) is 3. The van der Waals surface area contributed by atoms with Gasteiger partial charge in [0.15, 0.2) is 0 Å². The first kappa shape index (κ1) is 9.75. The van der Waals surface area contributed by atoms with Crippen molar-refractivity contribution in [1.29, 1.82) is 5.26 Å². The summed E-state index contributed by atoms with van der Waals surface area (Å²) < 4.78 is 1.61. The molecule has 1 aromatic rings. The molecule has 0 aromatic carbocycles. The standard InChI is InChI=1S/C9H13N3O/c1-3-7(6-10)9(13)8-4-5-12(2)11-8/h4-5,7,9,13H,3H2,1-2H3. The molecule has 2 atom stereocenters. The number of nitriles is 1. The second-order valence-electron chi connectivity index (χ2n) is 3.00. The number of hydrogen-bond donors (Lipinski definition) is 1. The lowest BCUT2D eigenvalue weighted by atomic mass is 9.99. The van der Waals surface area contributed by atoms with Crippen LogP contribution in [-0.2, 0) is 7.05 Å². The highest BCUT2D eigenvalue weighted by molar-refractivity contribution is 5.07. The van der Waals surface area contributed by atoms with Crippen molar-refractivity contribution in [2.45, 2.75) is 19.4 Å². The van der Waals surface area contributed by atoms with Gasteiger partial charge in [0, 0.05) is 13.2 Å². The predicted octanol–water partition coefficient (Wildman–Crippen LogP) is 1.00. The normalized spacial score (nSPS) is 14.9. The lowest BCUT2D eigenvalue weighted by Crippen LogP contribution is -2.10. The van der Waals surface area contributed by atoms with Crippen LogP contribution in [0.5, 0.6) is 0 Å². The maximum absolute atomic E-state index is 9.70. The number of aliphatic hydroxyl groups excluding tert-OH is 1. The van der Waals surface area contributed by atoms with E-state index in [1.54, 1.807) is 24.0 Å². The number of aliphatic hydroxyl groups is 1. The van der Waals surface area contributed by atoms with E-state index in [9.17, 15) is 5.11 Å². The first-order valence-electron chi connectivity index (χ1n) is 4.26. The molecule has 0 radical (unpaired) electrons. The molecule has 1 aromatic heterocycles. The Morgan fingerprint density at radius 2 is 2.46 bits per heavy atom. The van der Waals surface area contributed by atoms with E-state index in [2.05, 4.69) is 11.2 Å². The highest BCUT2D eigenvalue weighted by Crippen LogP contribution is 2.21. The summed E-state index contributed by atoms with van der Waals surface area (Å²) in [6.07, 6.45) is 1.62. The quantitative estimate of drug-likeness (QED) is 0.753. The molecule has 4 nitrogen and oxygen atoms in total. The zero-order valence-electron chi connectivity index (χ0n) is 7.81. The topological polar surface area (TPSA) is 61.8 Å². The molecule has 2 unspecified atom stereocenters. The monoisotopic (exact) mass is 179 g/mol. The summed E-state index contributed by atoms with van der Waals surface area (Å²) in [5.74, 6) is -0.366. The van der Waals surface area contributed by atoms with Gasteiger partial charge in [-0.2, -0.15) is 10.4 Å². The summed E-state index contributed by atoms with van der Waals surface area (Å²) in [7, 11) is 1.78. The van der Waals surface area contributed by atoms with Crippen LogP contribution in [0.3, 0.4) is 0 Å². The van der Waals surface area contributed by atoms with Gasteiger partial charge < -0.3 is 5.11 Å². The SMILES string of the molecule is CCC(C#N)C(O)c1ccn(C)n1. The number of aromatic nitrogens is 2. The third kappa shape index (κ3) is 2.07. The largest absolute Gasteiger partial charge is 0.385 e. The molecule has 0 spiro atoms. The summed E-state index contributed by atoms with van der Waals surface area (Å²) in [4.78, 5) is 0. The summed E-state index contributed by atoms with van der Waals surface area (Å²) in [6, 6.07) is 3.79. The maximum Gasteiger partial charge on any atom is 0.114 e. The fourth-order valence-corrected chi connectivity index (χ4v) is 1.18. The van der Waals surface area contributed by atoms with Crippen LogP contribution in [-0.4, -0.2) is 14.9 Å². The van der Waals surface area contributed by atoms with E-state index in [1.165, 1.54) is 0 Å². The van der Waals surface area contributed by atoms with Crippen LogP contribution in [0.2, 0.25) is 0 Å². The molecule has 13 heavy (non-hydrogen) atoms. The molecule has 0 bridgehead atoms. The summed E-state index contributed by atoms with van der Waals surface area (Å²) in [6.45, 7) is 1.88. The van der Waals surface area contributed by atoms with Crippen molar-refractivity contribution in [2.75, 3.05) is 0 Å². The molecule has 0 amide bonds. The molecule has 0 saturated heterocycles. The van der Waals surface area contributed by atoms with Crippen LogP contribution < -0.4 is 0 Å². The number of aryl methyl sites for hydroxylation is 1. The molecule has 4 heteroatoms. The summed E-state index contributed by atoms with van der Waals surface area (Å²) >= 11 is 0. The Morgan fingerprint density at radius 1 is 1.77 bits per heavy atom. The molecule has 1 N–H and O–H groups in total. The molecule has 0 fully saturated rings. The fourth-order valence-electron chi connectivity index (χ4n) is 1.18. The lowest BCUT2D eigenvalue weighted by Gasteiger charge is -2.11. The predicted molar refractivity (Wildman–Crippen MR) is 47.6 cm³/mol. The average molecular weight is 179 g/mol. The zero-order valence-corrected chi connectivity index (χ0v) is 7.81. The molecule has 0 saturated carbocycles. The second kappa shape index (κ2) is 4.06. The van der Waals surface area contributed by atoms with Crippen molar-refractivity contribution in [3.8, 4) is 6.07 Å². The third-order valence-electron chi connectivity index (χ3n) is 2.02. The number of rotatable bonds is 3. The minimum absolute atomic E-state index is 0.366. The van der Waals surface area contributed by atoms with E-state index in [1.807, 2.05) is 6.92 Å². The zero-order chi connectivity index (χ0) is 9.84. The molecule has 0 aliphatic carbocycles. The second-order valence-corrected chi connectivity index (χ2v) is 3.00. The van der Waals surface area contributed by atoms with E-state index in [4.69, 9.17) is 5.26 Å². The van der Waals surface area contributed by atoms with E-state index in [0.29, 0.717) is 12.1 Å². The molecule has 70 valence electrons. The smallest absolute Gasteiger partial charge is 0.114 e. The van der Waals surface area contributed by atoms with Gasteiger partial charge in [-0.1, -0.05) is 6.92 Å². The molecule has 1 rings (SSSR count). The van der Waals surface area contributed by atoms with Crippen molar-refractivity contribution in [3.05, 3.63) is 18.0 Å². The fraction of sp³-hybridized carbons (Fsp3) is 0.556. The Balaban J connectivity index is 2.78. The van der Waals surface area contributed by atoms with Gasteiger partial charge in [0.1, 0.15) is 6.10 Å². The first-order valence-corrected chi connectivity index (χ1v) is 4.26. The van der Waals surface area contributed by atoms with E-state index >= 15 is 0 Å². The Morgan fingerprint density at radius 3 is 2.85 bits per heavy atom. The van der Waals surface area contributed by atoms with Crippen LogP contribution in [0.15, 0.2) is 12.3 Å². The van der Waals surface area contributed by atoms with Gasteiger partial charge in [0.25, 0.3) is 0 Å². The third-order valence-corrected chi connectivity index (χ3v) is 2.02. The summed E-state index contributed by atoms with van der Waals surface area (Å²) in [5, 5.41) is 22.5. The minimum Gasteiger partial charge on any atom is -0.385 e. The highest BCUT2D eigenvalue weighted by Gasteiger charge is 2.20. The number of nitrogens with zero attached hydrogens (tertiary/aromatic N) is 3. The van der Waals surface area contributed by atoms with Crippen molar-refractivity contribution < 1.29 is 5.11 Å². The van der Waals surface area contributed by atoms with Gasteiger partial charge >= 0.3 is 0 Å². The Labute approximate surface area is 77.4 Å². The van der Waals surface area contributed by atoms with Crippen LogP contribution in [0, 0.1) is 17.2 Å². The highest BCUT2D eigenvalue weighted by atomic mass is 16.3. The molecular formula is C9H13N3O. The lowest BCUT2D eigenvalue weighted by molar-refractivity contribution is 0.127. The maximum atomic E-state index is 9.70. The van der Waals surface area contributed by atoms with Gasteiger partial charge in [-0.05, 0) is 12.5 Å².